The second-order valence-corrected chi connectivity index (χ2v) is 7.20. The van der Waals surface area contributed by atoms with Crippen molar-refractivity contribution < 1.29 is 17.9 Å². The number of amides is 1. The molecule has 2 N–H and O–H groups in total. The molecule has 1 amide bonds. The molecule has 0 aliphatic heterocycles. The van der Waals surface area contributed by atoms with Crippen LogP contribution in [0.4, 0.5) is 5.69 Å². The van der Waals surface area contributed by atoms with Gasteiger partial charge in [-0.3, -0.25) is 4.79 Å². The van der Waals surface area contributed by atoms with Crippen LogP contribution in [0.1, 0.15) is 30.1 Å². The van der Waals surface area contributed by atoms with Crippen LogP contribution in [-0.4, -0.2) is 28.0 Å². The molecule has 0 unspecified atom stereocenters. The number of unbranched alkanes of at least 4 members (excludes halogenated alkanes) is 1. The van der Waals surface area contributed by atoms with Gasteiger partial charge in [0.15, 0.2) is 0 Å². The van der Waals surface area contributed by atoms with Gasteiger partial charge in [0, 0.05) is 12.1 Å². The van der Waals surface area contributed by atoms with Crippen LogP contribution >= 0.6 is 0 Å². The summed E-state index contributed by atoms with van der Waals surface area (Å²) < 4.78 is 32.3. The number of anilines is 1. The number of ether oxygens (including phenoxy) is 1. The van der Waals surface area contributed by atoms with Crippen LogP contribution in [0.15, 0.2) is 53.4 Å². The highest BCUT2D eigenvalue weighted by Crippen LogP contribution is 2.24. The van der Waals surface area contributed by atoms with Gasteiger partial charge in [-0.25, -0.2) is 13.1 Å². The normalized spacial score (nSPS) is 11.1. The molecular formula is C18H22N2O4S. The molecule has 0 radical (unpaired) electrons. The standard InChI is InChI=1S/C18H22N2O4S/c1-3-4-12-19-25(22,23)15-9-7-8-14(13-15)18(21)20-16-10-5-6-11-17(16)24-2/h5-11,13,19H,3-4,12H2,1-2H3,(H,20,21). The van der Waals surface area contributed by atoms with E-state index in [1.165, 1.54) is 19.2 Å². The van der Waals surface area contributed by atoms with Gasteiger partial charge in [0.05, 0.1) is 17.7 Å². The van der Waals surface area contributed by atoms with E-state index < -0.39 is 15.9 Å². The fourth-order valence-electron chi connectivity index (χ4n) is 2.21. The molecule has 134 valence electrons. The van der Waals surface area contributed by atoms with Crippen molar-refractivity contribution in [2.75, 3.05) is 19.0 Å². The van der Waals surface area contributed by atoms with Gasteiger partial charge in [0.25, 0.3) is 5.91 Å². The Morgan fingerprint density at radius 2 is 1.88 bits per heavy atom. The van der Waals surface area contributed by atoms with Crippen molar-refractivity contribution in [3.63, 3.8) is 0 Å². The molecule has 0 saturated heterocycles. The third-order valence-electron chi connectivity index (χ3n) is 3.58. The molecule has 0 aromatic heterocycles. The SMILES string of the molecule is CCCCNS(=O)(=O)c1cccc(C(=O)Nc2ccccc2OC)c1. The minimum absolute atomic E-state index is 0.0660. The maximum absolute atomic E-state index is 12.4. The van der Waals surface area contributed by atoms with Crippen LogP contribution in [-0.2, 0) is 10.0 Å². The van der Waals surface area contributed by atoms with E-state index in [0.29, 0.717) is 18.0 Å². The Morgan fingerprint density at radius 3 is 2.60 bits per heavy atom. The molecule has 0 fully saturated rings. The zero-order valence-electron chi connectivity index (χ0n) is 14.3. The Balaban J connectivity index is 2.19. The van der Waals surface area contributed by atoms with Crippen LogP contribution in [0.5, 0.6) is 5.75 Å². The van der Waals surface area contributed by atoms with Crippen molar-refractivity contribution in [3.05, 3.63) is 54.1 Å². The zero-order chi connectivity index (χ0) is 18.3. The summed E-state index contributed by atoms with van der Waals surface area (Å²) in [6.07, 6.45) is 1.65. The highest BCUT2D eigenvalue weighted by Gasteiger charge is 2.16. The first kappa shape index (κ1) is 19.0. The Hall–Kier alpha value is -2.38. The van der Waals surface area contributed by atoms with Crippen LogP contribution < -0.4 is 14.8 Å². The second-order valence-electron chi connectivity index (χ2n) is 5.43. The molecule has 0 bridgehead atoms. The second kappa shape index (κ2) is 8.64. The van der Waals surface area contributed by atoms with Crippen LogP contribution in [0.3, 0.4) is 0 Å². The minimum Gasteiger partial charge on any atom is -0.495 e. The van der Waals surface area contributed by atoms with E-state index in [4.69, 9.17) is 4.74 Å². The first-order valence-corrected chi connectivity index (χ1v) is 9.50. The number of hydrogen-bond acceptors (Lipinski definition) is 4. The number of nitrogens with one attached hydrogen (secondary N) is 2. The molecule has 2 rings (SSSR count). The molecule has 25 heavy (non-hydrogen) atoms. The molecule has 0 heterocycles. The Kier molecular flexibility index (Phi) is 6.55. The van der Waals surface area contributed by atoms with E-state index in [9.17, 15) is 13.2 Å². The molecule has 2 aromatic rings. The van der Waals surface area contributed by atoms with Crippen LogP contribution in [0, 0.1) is 0 Å². The zero-order valence-corrected chi connectivity index (χ0v) is 15.1. The predicted octanol–water partition coefficient (Wildman–Crippen LogP) is 3.03. The summed E-state index contributed by atoms with van der Waals surface area (Å²) in [5, 5.41) is 2.73. The van der Waals surface area contributed by atoms with E-state index in [-0.39, 0.29) is 10.5 Å². The number of benzene rings is 2. The van der Waals surface area contributed by atoms with Crippen molar-refractivity contribution in [2.45, 2.75) is 24.7 Å². The summed E-state index contributed by atoms with van der Waals surface area (Å²) in [6.45, 7) is 2.35. The number of rotatable bonds is 8. The first-order valence-electron chi connectivity index (χ1n) is 8.02. The van der Waals surface area contributed by atoms with Gasteiger partial charge in [-0.15, -0.1) is 0 Å². The number of para-hydroxylation sites is 2. The molecule has 0 aliphatic carbocycles. The monoisotopic (exact) mass is 362 g/mol. The Morgan fingerprint density at radius 1 is 1.12 bits per heavy atom. The molecule has 0 aliphatic rings. The maximum Gasteiger partial charge on any atom is 0.255 e. The van der Waals surface area contributed by atoms with Gasteiger partial charge in [0.1, 0.15) is 5.75 Å². The lowest BCUT2D eigenvalue weighted by atomic mass is 10.2. The number of sulfonamides is 1. The molecule has 0 spiro atoms. The van der Waals surface area contributed by atoms with E-state index in [1.54, 1.807) is 36.4 Å². The van der Waals surface area contributed by atoms with Crippen LogP contribution in [0.2, 0.25) is 0 Å². The number of methoxy groups -OCH3 is 1. The largest absolute Gasteiger partial charge is 0.495 e. The number of carbonyl (C=O) groups excluding carboxylic acids is 1. The summed E-state index contributed by atoms with van der Waals surface area (Å²) >= 11 is 0. The first-order chi connectivity index (χ1) is 12.0. The van der Waals surface area contributed by atoms with E-state index in [2.05, 4.69) is 10.0 Å². The summed E-state index contributed by atoms with van der Waals surface area (Å²) in [6, 6.07) is 13.0. The van der Waals surface area contributed by atoms with Gasteiger partial charge in [-0.2, -0.15) is 0 Å². The van der Waals surface area contributed by atoms with E-state index in [1.807, 2.05) is 6.92 Å². The molecule has 7 heteroatoms. The van der Waals surface area contributed by atoms with Gasteiger partial charge >= 0.3 is 0 Å². The van der Waals surface area contributed by atoms with Crippen molar-refractivity contribution in [1.82, 2.24) is 4.72 Å². The highest BCUT2D eigenvalue weighted by atomic mass is 32.2. The lowest BCUT2D eigenvalue weighted by Crippen LogP contribution is -2.25. The summed E-state index contributed by atoms with van der Waals surface area (Å²) in [5.74, 6) is 0.121. The molecular weight excluding hydrogens is 340 g/mol. The average Bonchev–Trinajstić information content (AvgIpc) is 2.62. The topological polar surface area (TPSA) is 84.5 Å². The van der Waals surface area contributed by atoms with Crippen molar-refractivity contribution in [1.29, 1.82) is 0 Å². The average molecular weight is 362 g/mol. The minimum atomic E-state index is -3.63. The quantitative estimate of drug-likeness (QED) is 0.707. The smallest absolute Gasteiger partial charge is 0.255 e. The Bertz CT molecular complexity index is 834. The van der Waals surface area contributed by atoms with Gasteiger partial charge in [0.2, 0.25) is 10.0 Å². The molecule has 2 aromatic carbocycles. The lowest BCUT2D eigenvalue weighted by molar-refractivity contribution is 0.102. The summed E-state index contributed by atoms with van der Waals surface area (Å²) in [4.78, 5) is 12.5. The summed E-state index contributed by atoms with van der Waals surface area (Å²) in [7, 11) is -2.11. The third kappa shape index (κ3) is 5.04. The lowest BCUT2D eigenvalue weighted by Gasteiger charge is -2.11. The fraction of sp³-hybridized carbons (Fsp3) is 0.278. The van der Waals surface area contributed by atoms with Crippen molar-refractivity contribution >= 4 is 21.6 Å². The van der Waals surface area contributed by atoms with Gasteiger partial charge in [-0.1, -0.05) is 31.5 Å². The number of hydrogen-bond donors (Lipinski definition) is 2. The van der Waals surface area contributed by atoms with Crippen molar-refractivity contribution in [2.24, 2.45) is 0 Å². The maximum atomic E-state index is 12.4. The third-order valence-corrected chi connectivity index (χ3v) is 5.04. The Labute approximate surface area is 148 Å². The molecule has 0 atom stereocenters. The van der Waals surface area contributed by atoms with Crippen LogP contribution in [0.25, 0.3) is 0 Å². The van der Waals surface area contributed by atoms with Crippen molar-refractivity contribution in [3.8, 4) is 5.75 Å². The summed E-state index contributed by atoms with van der Waals surface area (Å²) in [5.41, 5.74) is 0.772. The molecule has 0 saturated carbocycles. The molecule has 6 nitrogen and oxygen atoms in total. The van der Waals surface area contributed by atoms with Gasteiger partial charge < -0.3 is 10.1 Å². The van der Waals surface area contributed by atoms with E-state index >= 15 is 0 Å². The van der Waals surface area contributed by atoms with Gasteiger partial charge in [-0.05, 0) is 36.8 Å². The predicted molar refractivity (Wildman–Crippen MR) is 97.5 cm³/mol. The number of carbonyl (C=O) groups is 1. The van der Waals surface area contributed by atoms with E-state index in [0.717, 1.165) is 12.8 Å². The highest BCUT2D eigenvalue weighted by molar-refractivity contribution is 7.89. The fourth-order valence-corrected chi connectivity index (χ4v) is 3.33.